The van der Waals surface area contributed by atoms with E-state index in [1.807, 2.05) is 18.8 Å². The molecule has 9 heteroatoms. The van der Waals surface area contributed by atoms with Crippen molar-refractivity contribution in [3.63, 3.8) is 0 Å². The van der Waals surface area contributed by atoms with E-state index in [4.69, 9.17) is 0 Å². The van der Waals surface area contributed by atoms with Crippen LogP contribution in [0.1, 0.15) is 13.8 Å². The third-order valence-corrected chi connectivity index (χ3v) is 6.99. The molecule has 2 saturated heterocycles. The molecule has 1 N–H and O–H groups in total. The van der Waals surface area contributed by atoms with E-state index in [0.717, 1.165) is 37.9 Å². The molecule has 0 aromatic heterocycles. The van der Waals surface area contributed by atoms with Crippen LogP contribution < -0.4 is 5.32 Å². The van der Waals surface area contributed by atoms with E-state index in [9.17, 15) is 8.42 Å². The first-order valence-electron chi connectivity index (χ1n) is 7.84. The molecule has 0 radical (unpaired) electrons. The van der Waals surface area contributed by atoms with Crippen LogP contribution in [0.2, 0.25) is 0 Å². The van der Waals surface area contributed by atoms with Gasteiger partial charge in [0, 0.05) is 56.8 Å². The van der Waals surface area contributed by atoms with E-state index >= 15 is 0 Å². The van der Waals surface area contributed by atoms with Gasteiger partial charge in [0.05, 0.1) is 11.5 Å². The zero-order valence-corrected chi connectivity index (χ0v) is 18.2. The highest BCUT2D eigenvalue weighted by Gasteiger charge is 2.28. The number of thioether (sulfide) groups is 1. The lowest BCUT2D eigenvalue weighted by molar-refractivity contribution is 0.296. The Hall–Kier alpha value is 0.260. The van der Waals surface area contributed by atoms with Gasteiger partial charge in [-0.25, -0.2) is 8.42 Å². The molecule has 0 amide bonds. The first kappa shape index (κ1) is 21.3. The van der Waals surface area contributed by atoms with Crippen LogP contribution in [-0.2, 0) is 9.84 Å². The highest BCUT2D eigenvalue weighted by atomic mass is 127. The Kier molecular flexibility index (Phi) is 8.42. The molecule has 0 saturated carbocycles. The number of aliphatic imine (C=N–C) groups is 1. The molecule has 0 spiro atoms. The molecule has 2 heterocycles. The van der Waals surface area contributed by atoms with Crippen molar-refractivity contribution in [1.29, 1.82) is 0 Å². The standard InChI is InChI=1S/C14H28N4O2S2.HI/c1-14(2)12-18(6-9-21-14)13(15-3)16-4-5-17-7-10-22(19,20)11-8-17;/h4-12H2,1-3H3,(H,15,16);1H. The number of nitrogens with zero attached hydrogens (tertiary/aromatic N) is 3. The average Bonchev–Trinajstić information content (AvgIpc) is 2.44. The summed E-state index contributed by atoms with van der Waals surface area (Å²) < 4.78 is 23.1. The van der Waals surface area contributed by atoms with Crippen molar-refractivity contribution in [1.82, 2.24) is 15.1 Å². The van der Waals surface area contributed by atoms with Crippen LogP contribution in [0.25, 0.3) is 0 Å². The summed E-state index contributed by atoms with van der Waals surface area (Å²) in [5, 5.41) is 3.42. The quantitative estimate of drug-likeness (QED) is 0.368. The summed E-state index contributed by atoms with van der Waals surface area (Å²) in [5.74, 6) is 2.66. The lowest BCUT2D eigenvalue weighted by Gasteiger charge is -2.39. The molecule has 2 fully saturated rings. The largest absolute Gasteiger partial charge is 0.355 e. The number of hydrogen-bond acceptors (Lipinski definition) is 5. The first-order chi connectivity index (χ1) is 10.3. The zero-order chi connectivity index (χ0) is 16.2. The average molecular weight is 476 g/mol. The van der Waals surface area contributed by atoms with Gasteiger partial charge in [-0.15, -0.1) is 24.0 Å². The zero-order valence-electron chi connectivity index (χ0n) is 14.2. The summed E-state index contributed by atoms with van der Waals surface area (Å²) in [5.41, 5.74) is 0. The van der Waals surface area contributed by atoms with Gasteiger partial charge in [0.25, 0.3) is 0 Å². The second-order valence-corrected chi connectivity index (χ2v) is 10.6. The summed E-state index contributed by atoms with van der Waals surface area (Å²) in [6, 6.07) is 0. The van der Waals surface area contributed by atoms with Crippen LogP contribution in [0.4, 0.5) is 0 Å². The molecule has 136 valence electrons. The summed E-state index contributed by atoms with van der Waals surface area (Å²) in [7, 11) is -0.964. The van der Waals surface area contributed by atoms with Crippen LogP contribution >= 0.6 is 35.7 Å². The molecule has 0 atom stereocenters. The molecule has 6 nitrogen and oxygen atoms in total. The third kappa shape index (κ3) is 6.95. The predicted molar refractivity (Wildman–Crippen MR) is 110 cm³/mol. The van der Waals surface area contributed by atoms with E-state index in [1.54, 1.807) is 0 Å². The fraction of sp³-hybridized carbons (Fsp3) is 0.929. The lowest BCUT2D eigenvalue weighted by Crippen LogP contribution is -2.52. The molecule has 23 heavy (non-hydrogen) atoms. The highest BCUT2D eigenvalue weighted by molar-refractivity contribution is 14.0. The van der Waals surface area contributed by atoms with Crippen molar-refractivity contribution >= 4 is 51.5 Å². The van der Waals surface area contributed by atoms with Gasteiger partial charge in [-0.2, -0.15) is 11.8 Å². The maximum absolute atomic E-state index is 11.4. The summed E-state index contributed by atoms with van der Waals surface area (Å²) in [6.45, 7) is 9.52. The van der Waals surface area contributed by atoms with Gasteiger partial charge in [0.15, 0.2) is 15.8 Å². The molecule has 2 rings (SSSR count). The van der Waals surface area contributed by atoms with Crippen molar-refractivity contribution in [3.8, 4) is 0 Å². The van der Waals surface area contributed by atoms with Gasteiger partial charge in [-0.1, -0.05) is 0 Å². The molecule has 0 aliphatic carbocycles. The van der Waals surface area contributed by atoms with Crippen LogP contribution in [0.15, 0.2) is 4.99 Å². The van der Waals surface area contributed by atoms with Crippen molar-refractivity contribution in [3.05, 3.63) is 0 Å². The van der Waals surface area contributed by atoms with E-state index < -0.39 is 9.84 Å². The lowest BCUT2D eigenvalue weighted by atomic mass is 10.2. The molecule has 2 aliphatic heterocycles. The van der Waals surface area contributed by atoms with Crippen molar-refractivity contribution in [2.24, 2.45) is 4.99 Å². The number of guanidine groups is 1. The summed E-state index contributed by atoms with van der Waals surface area (Å²) in [4.78, 5) is 8.91. The summed E-state index contributed by atoms with van der Waals surface area (Å²) >= 11 is 2.01. The third-order valence-electron chi connectivity index (χ3n) is 4.09. The van der Waals surface area contributed by atoms with Crippen molar-refractivity contribution < 1.29 is 8.42 Å². The van der Waals surface area contributed by atoms with Crippen LogP contribution in [0.5, 0.6) is 0 Å². The molecule has 0 unspecified atom stereocenters. The van der Waals surface area contributed by atoms with Gasteiger partial charge in [-0.05, 0) is 13.8 Å². The minimum Gasteiger partial charge on any atom is -0.355 e. The van der Waals surface area contributed by atoms with Crippen LogP contribution in [0, 0.1) is 0 Å². The second-order valence-electron chi connectivity index (χ2n) is 6.50. The van der Waals surface area contributed by atoms with E-state index in [0.29, 0.717) is 24.6 Å². The maximum Gasteiger partial charge on any atom is 0.193 e. The number of hydrogen-bond donors (Lipinski definition) is 1. The molecular weight excluding hydrogens is 447 g/mol. The Balaban J connectivity index is 0.00000264. The highest BCUT2D eigenvalue weighted by Crippen LogP contribution is 2.29. The van der Waals surface area contributed by atoms with Crippen LogP contribution in [-0.4, -0.2) is 92.5 Å². The number of sulfone groups is 1. The fourth-order valence-corrected chi connectivity index (χ4v) is 5.22. The smallest absolute Gasteiger partial charge is 0.193 e. The van der Waals surface area contributed by atoms with Crippen molar-refractivity contribution in [2.45, 2.75) is 18.6 Å². The van der Waals surface area contributed by atoms with E-state index in [2.05, 4.69) is 34.0 Å². The molecule has 0 aromatic carbocycles. The number of nitrogens with one attached hydrogen (secondary N) is 1. The minimum absolute atomic E-state index is 0. The Morgan fingerprint density at radius 3 is 2.48 bits per heavy atom. The first-order valence-corrected chi connectivity index (χ1v) is 10.6. The Morgan fingerprint density at radius 2 is 1.91 bits per heavy atom. The Labute approximate surface area is 161 Å². The molecule has 0 bridgehead atoms. The SMILES string of the molecule is CN=C(NCCN1CCS(=O)(=O)CC1)N1CCSC(C)(C)C1.I. The maximum atomic E-state index is 11.4. The molecular formula is C14H29IN4O2S2. The fourth-order valence-electron chi connectivity index (χ4n) is 2.83. The number of halogens is 1. The van der Waals surface area contributed by atoms with Crippen molar-refractivity contribution in [2.75, 3.05) is 63.6 Å². The Bertz CT molecular complexity index is 497. The monoisotopic (exact) mass is 476 g/mol. The van der Waals surface area contributed by atoms with Crippen LogP contribution in [0.3, 0.4) is 0 Å². The van der Waals surface area contributed by atoms with Gasteiger partial charge < -0.3 is 10.2 Å². The second kappa shape index (κ2) is 9.10. The minimum atomic E-state index is -2.79. The van der Waals surface area contributed by atoms with Gasteiger partial charge >= 0.3 is 0 Å². The predicted octanol–water partition coefficient (Wildman–Crippen LogP) is 0.738. The van der Waals surface area contributed by atoms with Gasteiger partial charge in [-0.3, -0.25) is 9.89 Å². The van der Waals surface area contributed by atoms with Gasteiger partial charge in [0.2, 0.25) is 0 Å². The summed E-state index contributed by atoms with van der Waals surface area (Å²) in [6.07, 6.45) is 0. The number of rotatable bonds is 3. The molecule has 0 aromatic rings. The van der Waals surface area contributed by atoms with E-state index in [1.165, 1.54) is 0 Å². The molecule has 2 aliphatic rings. The Morgan fingerprint density at radius 1 is 1.26 bits per heavy atom. The van der Waals surface area contributed by atoms with E-state index in [-0.39, 0.29) is 28.7 Å². The van der Waals surface area contributed by atoms with Gasteiger partial charge in [0.1, 0.15) is 0 Å². The normalized spacial score (nSPS) is 24.8. The topological polar surface area (TPSA) is 65.0 Å².